The molecule has 1 aromatic heterocycles. The van der Waals surface area contributed by atoms with Crippen molar-refractivity contribution < 1.29 is 18.8 Å². The van der Waals surface area contributed by atoms with Gasteiger partial charge < -0.3 is 19.1 Å². The fraction of sp³-hybridized carbons (Fsp3) is 0.444. The van der Waals surface area contributed by atoms with Gasteiger partial charge in [0.05, 0.1) is 11.6 Å². The van der Waals surface area contributed by atoms with Gasteiger partial charge in [-0.2, -0.15) is 4.98 Å². The first-order valence-corrected chi connectivity index (χ1v) is 9.23. The highest BCUT2D eigenvalue weighted by Gasteiger charge is 2.25. The zero-order chi connectivity index (χ0) is 19.2. The molecular formula is C18H21ClN4O4. The number of carbonyl (C=O) groups excluding carboxylic acids is 2. The molecular weight excluding hydrogens is 372 g/mol. The number of amides is 2. The Hall–Kier alpha value is -2.61. The Labute approximate surface area is 162 Å². The molecule has 3 rings (SSSR count). The second-order valence-electron chi connectivity index (χ2n) is 6.06. The van der Waals surface area contributed by atoms with Crippen LogP contribution in [0, 0.1) is 0 Å². The van der Waals surface area contributed by atoms with Crippen LogP contribution in [0.3, 0.4) is 0 Å². The van der Waals surface area contributed by atoms with E-state index >= 15 is 0 Å². The zero-order valence-electron chi connectivity index (χ0n) is 15.1. The highest BCUT2D eigenvalue weighted by molar-refractivity contribution is 6.33. The fourth-order valence-electron chi connectivity index (χ4n) is 2.83. The van der Waals surface area contributed by atoms with Crippen molar-refractivity contribution in [1.82, 2.24) is 19.9 Å². The van der Waals surface area contributed by atoms with Gasteiger partial charge >= 0.3 is 6.09 Å². The Bertz CT molecular complexity index is 802. The van der Waals surface area contributed by atoms with Gasteiger partial charge in [0, 0.05) is 44.6 Å². The molecule has 1 fully saturated rings. The number of ether oxygens (including phenoxy) is 1. The molecule has 27 heavy (non-hydrogen) atoms. The first-order valence-electron chi connectivity index (χ1n) is 8.85. The minimum Gasteiger partial charge on any atom is -0.450 e. The van der Waals surface area contributed by atoms with Gasteiger partial charge in [-0.25, -0.2) is 4.79 Å². The molecule has 0 radical (unpaired) electrons. The molecule has 2 heterocycles. The number of hydrogen-bond donors (Lipinski definition) is 0. The molecule has 2 amide bonds. The number of aromatic nitrogens is 2. The minimum atomic E-state index is -0.331. The van der Waals surface area contributed by atoms with Crippen LogP contribution in [0.4, 0.5) is 4.79 Å². The van der Waals surface area contributed by atoms with E-state index in [1.807, 2.05) is 18.2 Å². The molecule has 0 bridgehead atoms. The van der Waals surface area contributed by atoms with Crippen LogP contribution < -0.4 is 0 Å². The summed E-state index contributed by atoms with van der Waals surface area (Å²) in [7, 11) is 0. The van der Waals surface area contributed by atoms with E-state index in [1.54, 1.807) is 22.8 Å². The molecule has 1 aliphatic rings. The van der Waals surface area contributed by atoms with Crippen molar-refractivity contribution >= 4 is 23.6 Å². The van der Waals surface area contributed by atoms with Gasteiger partial charge in [0.15, 0.2) is 0 Å². The lowest BCUT2D eigenvalue weighted by atomic mass is 10.2. The SMILES string of the molecule is CCOC(=O)N1CCN(C(=O)CCc2nc(-c3ccccc3Cl)no2)CC1. The summed E-state index contributed by atoms with van der Waals surface area (Å²) < 4.78 is 10.2. The summed E-state index contributed by atoms with van der Waals surface area (Å²) in [6.07, 6.45) is 0.292. The largest absolute Gasteiger partial charge is 0.450 e. The second kappa shape index (κ2) is 8.85. The summed E-state index contributed by atoms with van der Waals surface area (Å²) in [5, 5.41) is 4.47. The summed E-state index contributed by atoms with van der Waals surface area (Å²) >= 11 is 6.13. The van der Waals surface area contributed by atoms with Gasteiger partial charge in [-0.3, -0.25) is 4.79 Å². The number of piperazine rings is 1. The highest BCUT2D eigenvalue weighted by Crippen LogP contribution is 2.25. The van der Waals surface area contributed by atoms with Crippen LogP contribution in [0.1, 0.15) is 19.2 Å². The van der Waals surface area contributed by atoms with E-state index < -0.39 is 0 Å². The summed E-state index contributed by atoms with van der Waals surface area (Å²) in [5.41, 5.74) is 0.690. The van der Waals surface area contributed by atoms with Gasteiger partial charge in [-0.1, -0.05) is 28.9 Å². The Morgan fingerprint density at radius 3 is 2.59 bits per heavy atom. The quantitative estimate of drug-likeness (QED) is 0.777. The molecule has 0 saturated carbocycles. The standard InChI is InChI=1S/C18H21ClN4O4/c1-2-26-18(25)23-11-9-22(10-12-23)16(24)8-7-15-20-17(21-27-15)13-5-3-4-6-14(13)19/h3-6H,2,7-12H2,1H3. The normalized spacial score (nSPS) is 14.3. The smallest absolute Gasteiger partial charge is 0.409 e. The fourth-order valence-corrected chi connectivity index (χ4v) is 3.05. The molecule has 0 N–H and O–H groups in total. The van der Waals surface area contributed by atoms with Crippen LogP contribution in [0.2, 0.25) is 5.02 Å². The molecule has 144 valence electrons. The molecule has 2 aromatic rings. The van der Waals surface area contributed by atoms with Gasteiger partial charge in [-0.15, -0.1) is 0 Å². The van der Waals surface area contributed by atoms with E-state index in [-0.39, 0.29) is 18.4 Å². The van der Waals surface area contributed by atoms with Gasteiger partial charge in [-0.05, 0) is 19.1 Å². The highest BCUT2D eigenvalue weighted by atomic mass is 35.5. The average Bonchev–Trinajstić information content (AvgIpc) is 3.15. The number of nitrogens with zero attached hydrogens (tertiary/aromatic N) is 4. The summed E-state index contributed by atoms with van der Waals surface area (Å²) in [4.78, 5) is 31.7. The van der Waals surface area contributed by atoms with Crippen molar-refractivity contribution in [2.75, 3.05) is 32.8 Å². The zero-order valence-corrected chi connectivity index (χ0v) is 15.8. The van der Waals surface area contributed by atoms with Gasteiger partial charge in [0.25, 0.3) is 0 Å². The van der Waals surface area contributed by atoms with Crippen LogP contribution in [0.25, 0.3) is 11.4 Å². The Balaban J connectivity index is 1.49. The first-order chi connectivity index (χ1) is 13.1. The average molecular weight is 393 g/mol. The second-order valence-corrected chi connectivity index (χ2v) is 6.47. The van der Waals surface area contributed by atoms with E-state index in [0.29, 0.717) is 61.5 Å². The van der Waals surface area contributed by atoms with Gasteiger partial charge in [0.1, 0.15) is 0 Å². The molecule has 1 aromatic carbocycles. The summed E-state index contributed by atoms with van der Waals surface area (Å²) in [5.74, 6) is 0.797. The number of halogens is 1. The Morgan fingerprint density at radius 1 is 1.19 bits per heavy atom. The van der Waals surface area contributed by atoms with E-state index in [9.17, 15) is 9.59 Å². The maximum Gasteiger partial charge on any atom is 0.409 e. The Kier molecular flexibility index (Phi) is 6.28. The molecule has 1 aliphatic heterocycles. The third-order valence-corrected chi connectivity index (χ3v) is 4.62. The topological polar surface area (TPSA) is 88.8 Å². The van der Waals surface area contributed by atoms with Crippen molar-refractivity contribution in [3.63, 3.8) is 0 Å². The number of carbonyl (C=O) groups is 2. The Morgan fingerprint density at radius 2 is 1.89 bits per heavy atom. The third kappa shape index (κ3) is 4.77. The molecule has 1 saturated heterocycles. The summed E-state index contributed by atoms with van der Waals surface area (Å²) in [6, 6.07) is 7.24. The molecule has 8 nitrogen and oxygen atoms in total. The van der Waals surface area contributed by atoms with Crippen molar-refractivity contribution in [2.45, 2.75) is 19.8 Å². The van der Waals surface area contributed by atoms with E-state index in [0.717, 1.165) is 0 Å². The lowest BCUT2D eigenvalue weighted by Crippen LogP contribution is -2.50. The number of aryl methyl sites for hydroxylation is 1. The predicted molar refractivity (Wildman–Crippen MR) is 98.2 cm³/mol. The molecule has 9 heteroatoms. The van der Waals surface area contributed by atoms with Gasteiger partial charge in [0.2, 0.25) is 17.6 Å². The van der Waals surface area contributed by atoms with Crippen LogP contribution in [-0.4, -0.2) is 64.7 Å². The van der Waals surface area contributed by atoms with Crippen LogP contribution in [-0.2, 0) is 16.0 Å². The number of rotatable bonds is 5. The maximum atomic E-state index is 12.4. The number of hydrogen-bond acceptors (Lipinski definition) is 6. The van der Waals surface area contributed by atoms with Crippen molar-refractivity contribution in [3.8, 4) is 11.4 Å². The van der Waals surface area contributed by atoms with Crippen molar-refractivity contribution in [1.29, 1.82) is 0 Å². The first kappa shape index (κ1) is 19.2. The minimum absolute atomic E-state index is 0.00370. The number of benzene rings is 1. The van der Waals surface area contributed by atoms with Crippen molar-refractivity contribution in [2.24, 2.45) is 0 Å². The van der Waals surface area contributed by atoms with E-state index in [1.165, 1.54) is 0 Å². The molecule has 0 unspecified atom stereocenters. The molecule has 0 atom stereocenters. The van der Waals surface area contributed by atoms with E-state index in [4.69, 9.17) is 20.9 Å². The monoisotopic (exact) mass is 392 g/mol. The van der Waals surface area contributed by atoms with Crippen LogP contribution in [0.15, 0.2) is 28.8 Å². The lowest BCUT2D eigenvalue weighted by Gasteiger charge is -2.34. The van der Waals surface area contributed by atoms with Crippen molar-refractivity contribution in [3.05, 3.63) is 35.2 Å². The van der Waals surface area contributed by atoms with E-state index in [2.05, 4.69) is 10.1 Å². The lowest BCUT2D eigenvalue weighted by molar-refractivity contribution is -0.132. The van der Waals surface area contributed by atoms with Crippen LogP contribution >= 0.6 is 11.6 Å². The predicted octanol–water partition coefficient (Wildman–Crippen LogP) is 2.62. The molecule has 0 aliphatic carbocycles. The van der Waals surface area contributed by atoms with Crippen LogP contribution in [0.5, 0.6) is 0 Å². The third-order valence-electron chi connectivity index (χ3n) is 4.29. The maximum absolute atomic E-state index is 12.4. The molecule has 0 spiro atoms. The summed E-state index contributed by atoms with van der Waals surface area (Å²) in [6.45, 7) is 4.05.